The van der Waals surface area contributed by atoms with E-state index in [9.17, 15) is 19.2 Å². The standard InChI is InChI=1S/C25H19N3O4/c1-15(29)27-18-9-7-17(8-10-18)22(30)11-19-14-26-25(28-19)21-13-23(31)20(12-24(21)32)16-5-3-2-4-6-16/h2-10,12-14H,11H2,1H3,(H,26,28)(H,27,29). The highest BCUT2D eigenvalue weighted by atomic mass is 16.1. The molecule has 0 bridgehead atoms. The maximum Gasteiger partial charge on any atom is 0.221 e. The van der Waals surface area contributed by atoms with Crippen molar-refractivity contribution in [1.82, 2.24) is 9.97 Å². The monoisotopic (exact) mass is 425 g/mol. The smallest absolute Gasteiger partial charge is 0.221 e. The summed E-state index contributed by atoms with van der Waals surface area (Å²) in [5, 5.41) is 2.64. The van der Waals surface area contributed by atoms with E-state index in [1.807, 2.05) is 6.07 Å². The number of amides is 1. The number of anilines is 1. The lowest BCUT2D eigenvalue weighted by Crippen LogP contribution is -2.12. The number of benzene rings is 2. The molecule has 1 aromatic heterocycles. The van der Waals surface area contributed by atoms with Gasteiger partial charge in [-0.25, -0.2) is 4.98 Å². The first-order valence-electron chi connectivity index (χ1n) is 9.93. The second-order valence-corrected chi connectivity index (χ2v) is 7.33. The van der Waals surface area contributed by atoms with Crippen LogP contribution in [-0.2, 0) is 20.8 Å². The second-order valence-electron chi connectivity index (χ2n) is 7.33. The Hall–Kier alpha value is -4.39. The summed E-state index contributed by atoms with van der Waals surface area (Å²) in [5.74, 6) is -0.704. The molecule has 0 saturated heterocycles. The molecule has 0 atom stereocenters. The van der Waals surface area contributed by atoms with E-state index in [1.165, 1.54) is 25.3 Å². The Morgan fingerprint density at radius 1 is 0.906 bits per heavy atom. The van der Waals surface area contributed by atoms with Crippen LogP contribution in [-0.4, -0.2) is 33.2 Å². The van der Waals surface area contributed by atoms with Crippen LogP contribution in [0.4, 0.5) is 5.69 Å². The third-order valence-electron chi connectivity index (χ3n) is 4.93. The summed E-state index contributed by atoms with van der Waals surface area (Å²) in [6.45, 7) is 1.41. The van der Waals surface area contributed by atoms with Crippen LogP contribution in [0.5, 0.6) is 0 Å². The Morgan fingerprint density at radius 2 is 1.56 bits per heavy atom. The van der Waals surface area contributed by atoms with Crippen molar-refractivity contribution in [3.63, 3.8) is 0 Å². The number of nitrogens with zero attached hydrogens (tertiary/aromatic N) is 1. The summed E-state index contributed by atoms with van der Waals surface area (Å²) in [4.78, 5) is 56.0. The predicted molar refractivity (Wildman–Crippen MR) is 120 cm³/mol. The van der Waals surface area contributed by atoms with Crippen LogP contribution in [0.2, 0.25) is 0 Å². The van der Waals surface area contributed by atoms with Gasteiger partial charge in [0.15, 0.2) is 17.3 Å². The number of ketones is 3. The number of imidazole rings is 1. The molecular weight excluding hydrogens is 406 g/mol. The minimum absolute atomic E-state index is 0.0486. The molecular formula is C25H19N3O4. The second kappa shape index (κ2) is 8.77. The van der Waals surface area contributed by atoms with E-state index in [1.54, 1.807) is 48.5 Å². The molecule has 32 heavy (non-hydrogen) atoms. The third kappa shape index (κ3) is 4.52. The highest BCUT2D eigenvalue weighted by Gasteiger charge is 2.24. The van der Waals surface area contributed by atoms with Gasteiger partial charge < -0.3 is 10.3 Å². The quantitative estimate of drug-likeness (QED) is 0.465. The SMILES string of the molecule is CC(=O)Nc1ccc(C(=O)Cc2cnc(C3=CC(=O)C(c4ccccc4)=CC3=O)[nH]2)cc1. The van der Waals surface area contributed by atoms with Crippen LogP contribution in [0.25, 0.3) is 11.1 Å². The molecule has 2 aromatic carbocycles. The molecule has 0 aliphatic heterocycles. The van der Waals surface area contributed by atoms with Gasteiger partial charge in [-0.05, 0) is 35.9 Å². The summed E-state index contributed by atoms with van der Waals surface area (Å²) >= 11 is 0. The lowest BCUT2D eigenvalue weighted by atomic mass is 9.92. The number of hydrogen-bond acceptors (Lipinski definition) is 5. The van der Waals surface area contributed by atoms with Crippen LogP contribution in [0.15, 0.2) is 72.9 Å². The summed E-state index contributed by atoms with van der Waals surface area (Å²) in [7, 11) is 0. The molecule has 7 nitrogen and oxygen atoms in total. The average Bonchev–Trinajstić information content (AvgIpc) is 3.24. The maximum absolute atomic E-state index is 12.6. The molecule has 7 heteroatoms. The van der Waals surface area contributed by atoms with Gasteiger partial charge in [-0.2, -0.15) is 0 Å². The number of carbonyl (C=O) groups is 4. The van der Waals surface area contributed by atoms with Gasteiger partial charge in [0.1, 0.15) is 5.82 Å². The maximum atomic E-state index is 12.6. The lowest BCUT2D eigenvalue weighted by molar-refractivity contribution is -0.114. The number of hydrogen-bond donors (Lipinski definition) is 2. The average molecular weight is 425 g/mol. The summed E-state index contributed by atoms with van der Waals surface area (Å²) in [6, 6.07) is 15.6. The van der Waals surface area contributed by atoms with E-state index in [4.69, 9.17) is 0 Å². The minimum Gasteiger partial charge on any atom is -0.341 e. The summed E-state index contributed by atoms with van der Waals surface area (Å²) in [5.41, 5.74) is 2.78. The van der Waals surface area contributed by atoms with Crippen molar-refractivity contribution in [2.75, 3.05) is 5.32 Å². The minimum atomic E-state index is -0.329. The number of carbonyl (C=O) groups excluding carboxylic acids is 4. The molecule has 0 saturated carbocycles. The molecule has 0 spiro atoms. The largest absolute Gasteiger partial charge is 0.341 e. The number of aromatic nitrogens is 2. The van der Waals surface area contributed by atoms with Crippen molar-refractivity contribution in [2.45, 2.75) is 13.3 Å². The number of Topliss-reactive ketones (excluding diaryl/α,β-unsaturated/α-hetero) is 1. The molecule has 2 N–H and O–H groups in total. The predicted octanol–water partition coefficient (Wildman–Crippen LogP) is 3.41. The Bertz CT molecular complexity index is 1280. The molecule has 0 fully saturated rings. The highest BCUT2D eigenvalue weighted by Crippen LogP contribution is 2.25. The van der Waals surface area contributed by atoms with Gasteiger partial charge in [-0.1, -0.05) is 30.3 Å². The fraction of sp³-hybridized carbons (Fsp3) is 0.0800. The van der Waals surface area contributed by atoms with E-state index in [0.29, 0.717) is 28.1 Å². The van der Waals surface area contributed by atoms with Crippen LogP contribution in [0.1, 0.15) is 34.4 Å². The van der Waals surface area contributed by atoms with E-state index in [0.717, 1.165) is 0 Å². The molecule has 1 aliphatic rings. The van der Waals surface area contributed by atoms with Gasteiger partial charge in [0, 0.05) is 41.7 Å². The van der Waals surface area contributed by atoms with E-state index in [2.05, 4.69) is 15.3 Å². The number of rotatable bonds is 6. The zero-order valence-electron chi connectivity index (χ0n) is 17.2. The molecule has 1 aliphatic carbocycles. The van der Waals surface area contributed by atoms with Crippen LogP contribution in [0, 0.1) is 0 Å². The van der Waals surface area contributed by atoms with Gasteiger partial charge in [0.05, 0.1) is 12.0 Å². The Morgan fingerprint density at radius 3 is 2.25 bits per heavy atom. The fourth-order valence-electron chi connectivity index (χ4n) is 3.39. The molecule has 3 aromatic rings. The Kier molecular flexibility index (Phi) is 5.72. The number of H-pyrrole nitrogens is 1. The normalized spacial score (nSPS) is 13.4. The van der Waals surface area contributed by atoms with Gasteiger partial charge in [0.2, 0.25) is 5.91 Å². The molecule has 0 radical (unpaired) electrons. The summed E-state index contributed by atoms with van der Waals surface area (Å²) < 4.78 is 0. The topological polar surface area (TPSA) is 109 Å². The van der Waals surface area contributed by atoms with Crippen LogP contribution in [0.3, 0.4) is 0 Å². The third-order valence-corrected chi connectivity index (χ3v) is 4.93. The first-order valence-corrected chi connectivity index (χ1v) is 9.93. The summed E-state index contributed by atoms with van der Waals surface area (Å²) in [6.07, 6.45) is 4.12. The van der Waals surface area contributed by atoms with Gasteiger partial charge >= 0.3 is 0 Å². The first kappa shape index (κ1) is 20.9. The molecule has 158 valence electrons. The zero-order chi connectivity index (χ0) is 22.7. The molecule has 1 heterocycles. The van der Waals surface area contributed by atoms with Crippen LogP contribution < -0.4 is 5.32 Å². The molecule has 1 amide bonds. The Labute approximate surface area is 183 Å². The van der Waals surface area contributed by atoms with E-state index < -0.39 is 0 Å². The van der Waals surface area contributed by atoms with Crippen molar-refractivity contribution in [1.29, 1.82) is 0 Å². The van der Waals surface area contributed by atoms with E-state index in [-0.39, 0.29) is 41.1 Å². The van der Waals surface area contributed by atoms with Crippen molar-refractivity contribution in [3.05, 3.63) is 95.6 Å². The van der Waals surface area contributed by atoms with Gasteiger partial charge in [-0.3, -0.25) is 19.2 Å². The van der Waals surface area contributed by atoms with E-state index >= 15 is 0 Å². The number of nitrogens with one attached hydrogen (secondary N) is 2. The zero-order valence-corrected chi connectivity index (χ0v) is 17.2. The number of allylic oxidation sites excluding steroid dienone is 4. The highest BCUT2D eigenvalue weighted by molar-refractivity contribution is 6.43. The van der Waals surface area contributed by atoms with Crippen molar-refractivity contribution >= 4 is 40.1 Å². The Balaban J connectivity index is 1.47. The van der Waals surface area contributed by atoms with Gasteiger partial charge in [-0.15, -0.1) is 0 Å². The van der Waals surface area contributed by atoms with Gasteiger partial charge in [0.25, 0.3) is 0 Å². The van der Waals surface area contributed by atoms with Crippen LogP contribution >= 0.6 is 0 Å². The van der Waals surface area contributed by atoms with Crippen molar-refractivity contribution in [3.8, 4) is 0 Å². The fourth-order valence-corrected chi connectivity index (χ4v) is 3.39. The molecule has 0 unspecified atom stereocenters. The molecule has 4 rings (SSSR count). The number of aromatic amines is 1. The van der Waals surface area contributed by atoms with Crippen molar-refractivity contribution < 1.29 is 19.2 Å². The first-order chi connectivity index (χ1) is 15.4. The lowest BCUT2D eigenvalue weighted by Gasteiger charge is -2.11. The van der Waals surface area contributed by atoms with Crippen molar-refractivity contribution in [2.24, 2.45) is 0 Å².